The Hall–Kier alpha value is -2.21. The smallest absolute Gasteiger partial charge is 0.305 e. The van der Waals surface area contributed by atoms with E-state index in [2.05, 4.69) is 31.1 Å². The normalized spacial score (nSPS) is 12.7. The molecule has 23 heavy (non-hydrogen) atoms. The van der Waals surface area contributed by atoms with Crippen molar-refractivity contribution in [1.29, 1.82) is 0 Å². The fourth-order valence-corrected chi connectivity index (χ4v) is 2.73. The van der Waals surface area contributed by atoms with Gasteiger partial charge in [-0.2, -0.15) is 0 Å². The molecule has 122 valence electrons. The molecule has 1 aromatic heterocycles. The van der Waals surface area contributed by atoms with Crippen LogP contribution >= 0.6 is 11.3 Å². The zero-order chi connectivity index (χ0) is 17.0. The minimum atomic E-state index is -0.964. The number of amides is 1. The van der Waals surface area contributed by atoms with E-state index in [1.54, 1.807) is 10.9 Å². The second-order valence-electron chi connectivity index (χ2n) is 6.37. The zero-order valence-corrected chi connectivity index (χ0v) is 14.2. The summed E-state index contributed by atoms with van der Waals surface area (Å²) in [4.78, 5) is 27.2. The number of nitrogens with zero attached hydrogens (tertiary/aromatic N) is 1. The van der Waals surface area contributed by atoms with Crippen molar-refractivity contribution in [2.24, 2.45) is 0 Å². The number of carboxylic acid groups (broad SMARTS) is 1. The van der Waals surface area contributed by atoms with E-state index in [-0.39, 0.29) is 17.7 Å². The van der Waals surface area contributed by atoms with Gasteiger partial charge in [-0.3, -0.25) is 9.59 Å². The summed E-state index contributed by atoms with van der Waals surface area (Å²) in [6.07, 6.45) is -0.176. The van der Waals surface area contributed by atoms with Crippen LogP contribution in [0.3, 0.4) is 0 Å². The molecule has 0 aliphatic carbocycles. The molecule has 1 amide bonds. The molecule has 1 atom stereocenters. The molecule has 1 heterocycles. The molecule has 1 unspecified atom stereocenters. The summed E-state index contributed by atoms with van der Waals surface area (Å²) in [6, 6.07) is 7.10. The molecule has 0 saturated heterocycles. The maximum atomic E-state index is 12.1. The van der Waals surface area contributed by atoms with Crippen molar-refractivity contribution in [3.05, 3.63) is 52.0 Å². The van der Waals surface area contributed by atoms with E-state index in [0.29, 0.717) is 5.69 Å². The number of rotatable bonds is 5. The zero-order valence-electron chi connectivity index (χ0n) is 13.4. The van der Waals surface area contributed by atoms with Crippen LogP contribution < -0.4 is 5.32 Å². The molecule has 0 spiro atoms. The van der Waals surface area contributed by atoms with Gasteiger partial charge in [0.2, 0.25) is 0 Å². The van der Waals surface area contributed by atoms with Crippen LogP contribution in [0, 0.1) is 0 Å². The number of nitrogens with one attached hydrogen (secondary N) is 1. The topological polar surface area (TPSA) is 79.3 Å². The molecule has 2 rings (SSSR count). The highest BCUT2D eigenvalue weighted by Crippen LogP contribution is 2.25. The van der Waals surface area contributed by atoms with Crippen LogP contribution in [-0.4, -0.2) is 22.0 Å². The molecule has 0 saturated carbocycles. The van der Waals surface area contributed by atoms with Crippen molar-refractivity contribution < 1.29 is 14.7 Å². The average Bonchev–Trinajstić information content (AvgIpc) is 2.99. The highest BCUT2D eigenvalue weighted by molar-refractivity contribution is 7.07. The second kappa shape index (κ2) is 6.91. The predicted octanol–water partition coefficient (Wildman–Crippen LogP) is 3.39. The van der Waals surface area contributed by atoms with Crippen molar-refractivity contribution in [3.8, 4) is 0 Å². The number of aromatic nitrogens is 1. The van der Waals surface area contributed by atoms with Crippen LogP contribution in [0.25, 0.3) is 0 Å². The number of hydrogen-bond donors (Lipinski definition) is 2. The van der Waals surface area contributed by atoms with Gasteiger partial charge in [0.1, 0.15) is 5.69 Å². The van der Waals surface area contributed by atoms with Crippen LogP contribution in [0.1, 0.15) is 54.8 Å². The number of thiazole rings is 1. The lowest BCUT2D eigenvalue weighted by Crippen LogP contribution is -2.30. The first-order valence-corrected chi connectivity index (χ1v) is 8.23. The number of benzene rings is 1. The van der Waals surface area contributed by atoms with Gasteiger partial charge in [-0.05, 0) is 16.5 Å². The summed E-state index contributed by atoms with van der Waals surface area (Å²) in [6.45, 7) is 6.34. The van der Waals surface area contributed by atoms with Crippen LogP contribution in [0.4, 0.5) is 0 Å². The SMILES string of the molecule is CC(C)(C)c1ccc(C(CC(=O)O)NC(=O)c2cscn2)cc1. The third-order valence-corrected chi connectivity index (χ3v) is 4.11. The first kappa shape index (κ1) is 17.1. The number of carbonyl (C=O) groups is 2. The monoisotopic (exact) mass is 332 g/mol. The van der Waals surface area contributed by atoms with E-state index >= 15 is 0 Å². The summed E-state index contributed by atoms with van der Waals surface area (Å²) in [7, 11) is 0. The van der Waals surface area contributed by atoms with E-state index in [1.165, 1.54) is 11.3 Å². The molecule has 1 aromatic carbocycles. The van der Waals surface area contributed by atoms with Gasteiger partial charge in [-0.1, -0.05) is 45.0 Å². The second-order valence-corrected chi connectivity index (χ2v) is 7.09. The van der Waals surface area contributed by atoms with E-state index in [0.717, 1.165) is 11.1 Å². The molecule has 0 aliphatic rings. The average molecular weight is 332 g/mol. The lowest BCUT2D eigenvalue weighted by molar-refractivity contribution is -0.137. The Morgan fingerprint density at radius 2 is 1.91 bits per heavy atom. The van der Waals surface area contributed by atoms with Crippen molar-refractivity contribution in [1.82, 2.24) is 10.3 Å². The summed E-state index contributed by atoms with van der Waals surface area (Å²) < 4.78 is 0. The third kappa shape index (κ3) is 4.63. The summed E-state index contributed by atoms with van der Waals surface area (Å²) >= 11 is 1.32. The fraction of sp³-hybridized carbons (Fsp3) is 0.353. The molecule has 0 aliphatic heterocycles. The fourth-order valence-electron chi connectivity index (χ4n) is 2.20. The summed E-state index contributed by atoms with van der Waals surface area (Å²) in [5, 5.41) is 13.5. The largest absolute Gasteiger partial charge is 0.481 e. The minimum absolute atomic E-state index is 0.0185. The highest BCUT2D eigenvalue weighted by Gasteiger charge is 2.21. The van der Waals surface area contributed by atoms with Gasteiger partial charge in [0.25, 0.3) is 5.91 Å². The lowest BCUT2D eigenvalue weighted by Gasteiger charge is -2.21. The maximum absolute atomic E-state index is 12.1. The van der Waals surface area contributed by atoms with Gasteiger partial charge in [0, 0.05) is 5.38 Å². The van der Waals surface area contributed by atoms with Crippen molar-refractivity contribution >= 4 is 23.2 Å². The van der Waals surface area contributed by atoms with Crippen molar-refractivity contribution in [2.75, 3.05) is 0 Å². The third-order valence-electron chi connectivity index (χ3n) is 3.53. The minimum Gasteiger partial charge on any atom is -0.481 e. The molecule has 0 fully saturated rings. The van der Waals surface area contributed by atoms with Gasteiger partial charge in [0.15, 0.2) is 0 Å². The van der Waals surface area contributed by atoms with E-state index in [1.807, 2.05) is 24.3 Å². The van der Waals surface area contributed by atoms with Gasteiger partial charge < -0.3 is 10.4 Å². The van der Waals surface area contributed by atoms with Gasteiger partial charge >= 0.3 is 5.97 Å². The highest BCUT2D eigenvalue weighted by atomic mass is 32.1. The molecule has 5 nitrogen and oxygen atoms in total. The summed E-state index contributed by atoms with van der Waals surface area (Å²) in [5.41, 5.74) is 3.81. The lowest BCUT2D eigenvalue weighted by atomic mass is 9.86. The first-order chi connectivity index (χ1) is 10.8. The van der Waals surface area contributed by atoms with Gasteiger partial charge in [-0.15, -0.1) is 11.3 Å². The van der Waals surface area contributed by atoms with Crippen molar-refractivity contribution in [3.63, 3.8) is 0 Å². The number of aliphatic carboxylic acids is 1. The Bertz CT molecular complexity index is 673. The predicted molar refractivity (Wildman–Crippen MR) is 89.7 cm³/mol. The standard InChI is InChI=1S/C17H20N2O3S/c1-17(2,3)12-6-4-11(5-7-12)13(8-15(20)21)19-16(22)14-9-23-10-18-14/h4-7,9-10,13H,8H2,1-3H3,(H,19,22)(H,20,21). The van der Waals surface area contributed by atoms with Crippen LogP contribution in [0.2, 0.25) is 0 Å². The number of hydrogen-bond acceptors (Lipinski definition) is 4. The Balaban J connectivity index is 2.21. The Kier molecular flexibility index (Phi) is 5.15. The molecule has 6 heteroatoms. The van der Waals surface area contributed by atoms with Crippen molar-refractivity contribution in [2.45, 2.75) is 38.6 Å². The Morgan fingerprint density at radius 1 is 1.26 bits per heavy atom. The van der Waals surface area contributed by atoms with Gasteiger partial charge in [-0.25, -0.2) is 4.98 Å². The first-order valence-electron chi connectivity index (χ1n) is 7.28. The Labute approximate surface area is 139 Å². The molecule has 2 N–H and O–H groups in total. The van der Waals surface area contributed by atoms with E-state index < -0.39 is 12.0 Å². The van der Waals surface area contributed by atoms with Crippen LogP contribution in [-0.2, 0) is 10.2 Å². The van der Waals surface area contributed by atoms with E-state index in [4.69, 9.17) is 5.11 Å². The molecule has 2 aromatic rings. The molecular formula is C17H20N2O3S. The van der Waals surface area contributed by atoms with Crippen LogP contribution in [0.15, 0.2) is 35.2 Å². The maximum Gasteiger partial charge on any atom is 0.305 e. The summed E-state index contributed by atoms with van der Waals surface area (Å²) in [5.74, 6) is -1.33. The molecular weight excluding hydrogens is 312 g/mol. The van der Waals surface area contributed by atoms with Crippen LogP contribution in [0.5, 0.6) is 0 Å². The number of carbonyl (C=O) groups excluding carboxylic acids is 1. The molecule has 0 bridgehead atoms. The van der Waals surface area contributed by atoms with E-state index in [9.17, 15) is 9.59 Å². The molecule has 0 radical (unpaired) electrons. The number of carboxylic acids is 1. The van der Waals surface area contributed by atoms with Gasteiger partial charge in [0.05, 0.1) is 18.0 Å². The quantitative estimate of drug-likeness (QED) is 0.879. The Morgan fingerprint density at radius 3 is 2.39 bits per heavy atom.